The van der Waals surface area contributed by atoms with Gasteiger partial charge in [-0.15, -0.1) is 0 Å². The van der Waals surface area contributed by atoms with Gasteiger partial charge >= 0.3 is 0 Å². The maximum Gasteiger partial charge on any atom is 0.0946 e. The van der Waals surface area contributed by atoms with Gasteiger partial charge in [-0.05, 0) is 19.1 Å². The quantitative estimate of drug-likeness (QED) is 0.617. The summed E-state index contributed by atoms with van der Waals surface area (Å²) in [5.74, 6) is 0. The Morgan fingerprint density at radius 3 is 2.83 bits per heavy atom. The van der Waals surface area contributed by atoms with Crippen LogP contribution in [0.15, 0.2) is 29.6 Å². The molecule has 0 aliphatic carbocycles. The molecule has 1 unspecified atom stereocenters. The molecule has 3 heteroatoms. The average Bonchev–Trinajstić information content (AvgIpc) is 2.65. The van der Waals surface area contributed by atoms with Gasteiger partial charge in [0.05, 0.1) is 18.4 Å². The summed E-state index contributed by atoms with van der Waals surface area (Å²) < 4.78 is 7.19. The Hall–Kier alpha value is -1.09. The van der Waals surface area contributed by atoms with Crippen LogP contribution in [-0.4, -0.2) is 23.1 Å². The lowest BCUT2D eigenvalue weighted by molar-refractivity contribution is 0.145. The zero-order valence-electron chi connectivity index (χ0n) is 7.10. The van der Waals surface area contributed by atoms with Crippen molar-refractivity contribution < 1.29 is 4.74 Å². The lowest BCUT2D eigenvalue weighted by atomic mass is 10.2. The molecule has 64 valence electrons. The van der Waals surface area contributed by atoms with Gasteiger partial charge in [0.1, 0.15) is 0 Å². The van der Waals surface area contributed by atoms with Crippen LogP contribution < -0.4 is 0 Å². The Balaban J connectivity index is 2.18. The normalized spacial score (nSPS) is 26.8. The number of nitrogens with zero attached hydrogens (tertiary/aromatic N) is 2. The molecule has 0 bridgehead atoms. The number of hydrogen-bond donors (Lipinski definition) is 0. The molecule has 1 aliphatic heterocycles. The predicted octanol–water partition coefficient (Wildman–Crippen LogP) is 1.50. The van der Waals surface area contributed by atoms with Gasteiger partial charge in [0, 0.05) is 18.8 Å². The molecule has 0 radical (unpaired) electrons. The minimum Gasteiger partial charge on any atom is -0.372 e. The second-order valence-electron chi connectivity index (χ2n) is 2.92. The highest BCUT2D eigenvalue weighted by Gasteiger charge is 2.18. The molecule has 1 saturated heterocycles. The highest BCUT2D eigenvalue weighted by Crippen LogP contribution is 2.09. The van der Waals surface area contributed by atoms with Crippen molar-refractivity contribution in [3.05, 3.63) is 24.5 Å². The summed E-state index contributed by atoms with van der Waals surface area (Å²) in [5.41, 5.74) is 1.13. The minimum absolute atomic E-state index is 0.187. The molecule has 1 atom stereocenters. The summed E-state index contributed by atoms with van der Waals surface area (Å²) in [6.45, 7) is 2.84. The highest BCUT2D eigenvalue weighted by atomic mass is 16.5. The van der Waals surface area contributed by atoms with Crippen LogP contribution in [-0.2, 0) is 4.74 Å². The van der Waals surface area contributed by atoms with Crippen molar-refractivity contribution in [1.29, 1.82) is 0 Å². The third-order valence-electron chi connectivity index (χ3n) is 2.03. The van der Waals surface area contributed by atoms with E-state index >= 15 is 0 Å². The molecule has 1 fully saturated rings. The maximum atomic E-state index is 5.37. The van der Waals surface area contributed by atoms with Gasteiger partial charge in [-0.2, -0.15) is 5.10 Å². The van der Waals surface area contributed by atoms with Crippen molar-refractivity contribution in [2.75, 3.05) is 6.61 Å². The van der Waals surface area contributed by atoms with Crippen molar-refractivity contribution in [3.8, 4) is 0 Å². The third-order valence-corrected chi connectivity index (χ3v) is 2.03. The monoisotopic (exact) mass is 164 g/mol. The van der Waals surface area contributed by atoms with Gasteiger partial charge in [-0.1, -0.05) is 0 Å². The largest absolute Gasteiger partial charge is 0.372 e. The second-order valence-corrected chi connectivity index (χ2v) is 2.92. The minimum atomic E-state index is 0.187. The SMILES string of the molecule is CC1OCC/C1=N\n1cccc1. The van der Waals surface area contributed by atoms with Crippen molar-refractivity contribution in [2.24, 2.45) is 5.10 Å². The summed E-state index contributed by atoms with van der Waals surface area (Å²) in [6.07, 6.45) is 5.00. The number of rotatable bonds is 1. The Bertz CT molecular complexity index is 277. The molecule has 0 saturated carbocycles. The Morgan fingerprint density at radius 2 is 2.25 bits per heavy atom. The summed E-state index contributed by atoms with van der Waals surface area (Å²) in [6, 6.07) is 3.93. The van der Waals surface area contributed by atoms with Crippen LogP contribution in [0.1, 0.15) is 13.3 Å². The topological polar surface area (TPSA) is 26.5 Å². The summed E-state index contributed by atoms with van der Waals surface area (Å²) in [5, 5.41) is 4.41. The Labute approximate surface area is 71.6 Å². The standard InChI is InChI=1S/C9H12N2O/c1-8-9(4-7-12-8)10-11-5-2-3-6-11/h2-3,5-6,8H,4,7H2,1H3/b10-9+. The van der Waals surface area contributed by atoms with E-state index in [2.05, 4.69) is 5.10 Å². The zero-order chi connectivity index (χ0) is 8.39. The van der Waals surface area contributed by atoms with Gasteiger partial charge in [0.15, 0.2) is 0 Å². The first-order chi connectivity index (χ1) is 5.86. The molecule has 0 N–H and O–H groups in total. The number of hydrogen-bond acceptors (Lipinski definition) is 2. The zero-order valence-corrected chi connectivity index (χ0v) is 7.10. The van der Waals surface area contributed by atoms with Crippen LogP contribution in [0.4, 0.5) is 0 Å². The molecule has 1 aromatic heterocycles. The molecule has 0 spiro atoms. The van der Waals surface area contributed by atoms with Crippen molar-refractivity contribution >= 4 is 5.71 Å². The predicted molar refractivity (Wildman–Crippen MR) is 47.3 cm³/mol. The average molecular weight is 164 g/mol. The van der Waals surface area contributed by atoms with E-state index in [-0.39, 0.29) is 6.10 Å². The molecule has 1 aliphatic rings. The van der Waals surface area contributed by atoms with E-state index in [0.29, 0.717) is 0 Å². The van der Waals surface area contributed by atoms with Crippen LogP contribution in [0, 0.1) is 0 Å². The van der Waals surface area contributed by atoms with Gasteiger partial charge in [0.2, 0.25) is 0 Å². The van der Waals surface area contributed by atoms with E-state index < -0.39 is 0 Å². The van der Waals surface area contributed by atoms with E-state index in [1.165, 1.54) is 0 Å². The van der Waals surface area contributed by atoms with Crippen LogP contribution in [0.2, 0.25) is 0 Å². The fourth-order valence-electron chi connectivity index (χ4n) is 1.31. The lowest BCUT2D eigenvalue weighted by Crippen LogP contribution is -2.11. The molecule has 0 amide bonds. The smallest absolute Gasteiger partial charge is 0.0946 e. The van der Waals surface area contributed by atoms with Gasteiger partial charge in [-0.25, -0.2) is 4.68 Å². The molecule has 2 rings (SSSR count). The first kappa shape index (κ1) is 7.55. The van der Waals surface area contributed by atoms with Crippen LogP contribution >= 0.6 is 0 Å². The van der Waals surface area contributed by atoms with Gasteiger partial charge in [-0.3, -0.25) is 0 Å². The van der Waals surface area contributed by atoms with Crippen LogP contribution in [0.5, 0.6) is 0 Å². The van der Waals surface area contributed by atoms with E-state index in [9.17, 15) is 0 Å². The number of ether oxygens (including phenoxy) is 1. The van der Waals surface area contributed by atoms with Crippen molar-refractivity contribution in [2.45, 2.75) is 19.4 Å². The van der Waals surface area contributed by atoms with Gasteiger partial charge in [0.25, 0.3) is 0 Å². The molecule has 1 aromatic rings. The Kier molecular flexibility index (Phi) is 1.96. The molecule has 3 nitrogen and oxygen atoms in total. The van der Waals surface area contributed by atoms with E-state index in [0.717, 1.165) is 18.7 Å². The highest BCUT2D eigenvalue weighted by molar-refractivity contribution is 5.89. The van der Waals surface area contributed by atoms with Crippen LogP contribution in [0.25, 0.3) is 0 Å². The van der Waals surface area contributed by atoms with Crippen molar-refractivity contribution in [1.82, 2.24) is 4.68 Å². The van der Waals surface area contributed by atoms with Crippen molar-refractivity contribution in [3.63, 3.8) is 0 Å². The molecule has 2 heterocycles. The van der Waals surface area contributed by atoms with Gasteiger partial charge < -0.3 is 4.74 Å². The van der Waals surface area contributed by atoms with E-state index in [1.807, 2.05) is 36.1 Å². The fourth-order valence-corrected chi connectivity index (χ4v) is 1.31. The van der Waals surface area contributed by atoms with E-state index in [1.54, 1.807) is 0 Å². The second kappa shape index (κ2) is 3.11. The third kappa shape index (κ3) is 1.41. The summed E-state index contributed by atoms with van der Waals surface area (Å²) >= 11 is 0. The Morgan fingerprint density at radius 1 is 1.50 bits per heavy atom. The number of aromatic nitrogens is 1. The molecular formula is C9H12N2O. The first-order valence-electron chi connectivity index (χ1n) is 4.18. The summed E-state index contributed by atoms with van der Waals surface area (Å²) in [7, 11) is 0. The first-order valence-corrected chi connectivity index (χ1v) is 4.18. The molecular weight excluding hydrogens is 152 g/mol. The van der Waals surface area contributed by atoms with Crippen LogP contribution in [0.3, 0.4) is 0 Å². The maximum absolute atomic E-state index is 5.37. The lowest BCUT2D eigenvalue weighted by Gasteiger charge is -2.02. The summed E-state index contributed by atoms with van der Waals surface area (Å²) in [4.78, 5) is 0. The molecule has 12 heavy (non-hydrogen) atoms. The molecule has 0 aromatic carbocycles. The fraction of sp³-hybridized carbons (Fsp3) is 0.444. The van der Waals surface area contributed by atoms with E-state index in [4.69, 9.17) is 4.74 Å².